The van der Waals surface area contributed by atoms with E-state index in [9.17, 15) is 22.8 Å². The molecule has 4 aliphatic rings. The predicted molar refractivity (Wildman–Crippen MR) is 222 cm³/mol. The molecule has 0 unspecified atom stereocenters. The number of alkyl carbamates (subject to hydrolysis) is 2. The lowest BCUT2D eigenvalue weighted by Gasteiger charge is -2.27. The van der Waals surface area contributed by atoms with Gasteiger partial charge in [-0.2, -0.15) is 10.2 Å². The highest BCUT2D eigenvalue weighted by molar-refractivity contribution is 7.89. The van der Waals surface area contributed by atoms with Gasteiger partial charge < -0.3 is 36.1 Å². The van der Waals surface area contributed by atoms with Gasteiger partial charge in [0.15, 0.2) is 11.6 Å². The Hall–Kier alpha value is -5.62. The van der Waals surface area contributed by atoms with E-state index in [1.807, 2.05) is 70.2 Å². The first-order chi connectivity index (χ1) is 28.3. The van der Waals surface area contributed by atoms with E-state index in [1.54, 1.807) is 6.07 Å². The van der Waals surface area contributed by atoms with Crippen molar-refractivity contribution >= 4 is 51.1 Å². The lowest BCUT2D eigenvalue weighted by Crippen LogP contribution is -2.34. The number of fused-ring (bicyclic) bond motifs is 2. The minimum absolute atomic E-state index is 0.0562. The fourth-order valence-electron chi connectivity index (χ4n) is 8.13. The third kappa shape index (κ3) is 10.3. The van der Waals surface area contributed by atoms with E-state index in [0.29, 0.717) is 53.2 Å². The van der Waals surface area contributed by atoms with Crippen LogP contribution in [0.2, 0.25) is 0 Å². The molecule has 0 saturated heterocycles. The Morgan fingerprint density at radius 3 is 1.97 bits per heavy atom. The summed E-state index contributed by atoms with van der Waals surface area (Å²) in [5.41, 5.74) is 5.76. The molecule has 2 aromatic carbocycles. The van der Waals surface area contributed by atoms with Crippen LogP contribution in [0.3, 0.4) is 0 Å². The maximum Gasteiger partial charge on any atom is 0.407 e. The molecule has 2 saturated carbocycles. The minimum atomic E-state index is -3.53. The van der Waals surface area contributed by atoms with Gasteiger partial charge in [0.1, 0.15) is 17.1 Å². The molecule has 3 amide bonds. The van der Waals surface area contributed by atoms with E-state index in [2.05, 4.69) is 51.7 Å². The lowest BCUT2D eigenvalue weighted by molar-refractivity contribution is 0.0696. The maximum absolute atomic E-state index is 12.5. The van der Waals surface area contributed by atoms with Crippen LogP contribution in [-0.2, 0) is 32.5 Å². The number of nitrogens with zero attached hydrogens (tertiary/aromatic N) is 2. The van der Waals surface area contributed by atoms with Gasteiger partial charge in [-0.1, -0.05) is 24.3 Å². The molecule has 8 rings (SSSR count). The van der Waals surface area contributed by atoms with Gasteiger partial charge in [0.2, 0.25) is 10.0 Å². The highest BCUT2D eigenvalue weighted by Crippen LogP contribution is 2.38. The second-order valence-corrected chi connectivity index (χ2v) is 17.8. The summed E-state index contributed by atoms with van der Waals surface area (Å²) in [5.74, 6) is 1.75. The van der Waals surface area contributed by atoms with Crippen LogP contribution < -0.4 is 31.3 Å². The van der Waals surface area contributed by atoms with Crippen molar-refractivity contribution in [2.45, 2.75) is 127 Å². The molecule has 8 N–H and O–H groups in total. The van der Waals surface area contributed by atoms with Gasteiger partial charge in [-0.3, -0.25) is 15.0 Å². The zero-order valence-corrected chi connectivity index (χ0v) is 34.6. The number of hydrogen-bond donors (Lipinski definition) is 8. The Morgan fingerprint density at radius 2 is 1.31 bits per heavy atom. The highest BCUT2D eigenvalue weighted by Gasteiger charge is 2.31. The molecule has 316 valence electrons. The molecular formula is C41H54N10O7S. The number of H-pyrrole nitrogens is 2. The second-order valence-electron chi connectivity index (χ2n) is 16.1. The number of nitrogens with one attached hydrogen (secondary N) is 8. The molecule has 2 atom stereocenters. The largest absolute Gasteiger partial charge is 0.446 e. The van der Waals surface area contributed by atoms with Crippen molar-refractivity contribution in [3.8, 4) is 0 Å². The number of rotatable bonds is 10. The number of hydrogen-bond acceptors (Lipinski definition) is 11. The van der Waals surface area contributed by atoms with Gasteiger partial charge in [-0.25, -0.2) is 22.7 Å². The number of amides is 3. The Morgan fingerprint density at radius 1 is 0.746 bits per heavy atom. The molecule has 59 heavy (non-hydrogen) atoms. The predicted octanol–water partition coefficient (Wildman–Crippen LogP) is 6.32. The van der Waals surface area contributed by atoms with Gasteiger partial charge in [0, 0.05) is 60.5 Å². The third-order valence-corrected chi connectivity index (χ3v) is 12.5. The van der Waals surface area contributed by atoms with E-state index < -0.39 is 10.0 Å². The van der Waals surface area contributed by atoms with Crippen LogP contribution in [-0.4, -0.2) is 77.7 Å². The Bertz CT molecular complexity index is 2250. The monoisotopic (exact) mass is 830 g/mol. The highest BCUT2D eigenvalue weighted by atomic mass is 32.2. The number of ether oxygens (including phenoxy) is 2. The number of sulfonamides is 1. The summed E-state index contributed by atoms with van der Waals surface area (Å²) in [7, 11) is -3.53. The summed E-state index contributed by atoms with van der Waals surface area (Å²) in [6.45, 7) is 8.59. The van der Waals surface area contributed by atoms with Gasteiger partial charge in [-0.05, 0) is 102 Å². The fourth-order valence-corrected chi connectivity index (χ4v) is 9.57. The van der Waals surface area contributed by atoms with E-state index >= 15 is 0 Å². The quantitative estimate of drug-likeness (QED) is 0.0882. The van der Waals surface area contributed by atoms with Gasteiger partial charge in [-0.15, -0.1) is 0 Å². The molecule has 18 heteroatoms. The Kier molecular flexibility index (Phi) is 12.7. The Balaban J connectivity index is 0.000000180. The first kappa shape index (κ1) is 41.5. The van der Waals surface area contributed by atoms with Crippen LogP contribution in [0, 0.1) is 0 Å². The zero-order chi connectivity index (χ0) is 41.7. The number of carbonyl (C=O) groups excluding carboxylic acids is 3. The van der Waals surface area contributed by atoms with Crippen LogP contribution in [0.5, 0.6) is 0 Å². The first-order valence-electron chi connectivity index (χ1n) is 20.4. The fraction of sp³-hybridized carbons (Fsp3) is 0.488. The average Bonchev–Trinajstić information content (AvgIpc) is 4.00. The lowest BCUT2D eigenvalue weighted by atomic mass is 9.85. The number of aromatic nitrogens is 4. The summed E-state index contributed by atoms with van der Waals surface area (Å²) in [4.78, 5) is 35.9. The van der Waals surface area contributed by atoms with Crippen molar-refractivity contribution < 1.29 is 32.3 Å². The van der Waals surface area contributed by atoms with Crippen molar-refractivity contribution in [2.24, 2.45) is 0 Å². The van der Waals surface area contributed by atoms with E-state index in [0.717, 1.165) is 73.1 Å². The molecule has 2 aliphatic heterocycles. The summed E-state index contributed by atoms with van der Waals surface area (Å²) in [6, 6.07) is 15.2. The summed E-state index contributed by atoms with van der Waals surface area (Å²) < 4.78 is 38.5. The van der Waals surface area contributed by atoms with Gasteiger partial charge >= 0.3 is 12.2 Å². The molecule has 2 fully saturated rings. The van der Waals surface area contributed by atoms with Gasteiger partial charge in [0.05, 0.1) is 16.9 Å². The smallest absolute Gasteiger partial charge is 0.407 e. The molecule has 4 heterocycles. The van der Waals surface area contributed by atoms with Gasteiger partial charge in [0.25, 0.3) is 5.91 Å². The van der Waals surface area contributed by atoms with Crippen molar-refractivity contribution in [3.05, 3.63) is 76.6 Å². The average molecular weight is 831 g/mol. The molecule has 0 radical (unpaired) electrons. The van der Waals surface area contributed by atoms with Crippen LogP contribution in [0.1, 0.15) is 117 Å². The molecular weight excluding hydrogens is 777 g/mol. The second kappa shape index (κ2) is 18.1. The molecule has 0 bridgehead atoms. The van der Waals surface area contributed by atoms with Crippen LogP contribution in [0.15, 0.2) is 53.4 Å². The van der Waals surface area contributed by atoms with E-state index in [-0.39, 0.29) is 48.3 Å². The van der Waals surface area contributed by atoms with E-state index in [1.165, 1.54) is 0 Å². The zero-order valence-electron chi connectivity index (χ0n) is 33.8. The number of benzene rings is 2. The summed E-state index contributed by atoms with van der Waals surface area (Å²) in [6.07, 6.45) is 5.73. The first-order valence-corrected chi connectivity index (χ1v) is 21.9. The number of carbonyl (C=O) groups is 3. The summed E-state index contributed by atoms with van der Waals surface area (Å²) >= 11 is 0. The topological polar surface area (TPSA) is 233 Å². The molecule has 2 aromatic heterocycles. The number of aromatic amines is 2. The molecule has 2 aliphatic carbocycles. The molecule has 4 aromatic rings. The van der Waals surface area contributed by atoms with Crippen LogP contribution in [0.25, 0.3) is 0 Å². The third-order valence-electron chi connectivity index (χ3n) is 10.9. The molecule has 0 spiro atoms. The van der Waals surface area contributed by atoms with Crippen LogP contribution in [0.4, 0.5) is 32.6 Å². The standard InChI is InChI=1S/C21H29N5O4S.C20H25N5O3/c1-13(2)23-21(27)30-16-8-6-14(7-9-16)18-12-19(26-25-18)24-17-5-3-4-15-10-11-22-31(28,29)20(15)17;1-11(2)22-20(27)28-14-7-6-12(8-14)16-9-17(25-24-16)23-15-5-3-4-13-10-21-19(26)18(13)15/h3-5,12-14,16,22H,6-11H2,1-2H3,(H,23,27)(H2,24,25,26);3-5,9,11-12,14H,6-8,10H2,1-2H3,(H,21,26)(H,22,27)(H2,23,24,25)/t;12-,14+/m.0/s1. The number of anilines is 4. The van der Waals surface area contributed by atoms with Crippen molar-refractivity contribution in [3.63, 3.8) is 0 Å². The molecule has 17 nitrogen and oxygen atoms in total. The van der Waals surface area contributed by atoms with E-state index in [4.69, 9.17) is 9.47 Å². The minimum Gasteiger partial charge on any atom is -0.446 e. The van der Waals surface area contributed by atoms with Crippen molar-refractivity contribution in [1.29, 1.82) is 0 Å². The van der Waals surface area contributed by atoms with Crippen molar-refractivity contribution in [1.82, 2.24) is 41.1 Å². The van der Waals surface area contributed by atoms with Crippen molar-refractivity contribution in [2.75, 3.05) is 17.2 Å². The normalized spacial score (nSPS) is 21.7. The summed E-state index contributed by atoms with van der Waals surface area (Å²) in [5, 5.41) is 29.6. The Labute approximate surface area is 344 Å². The SMILES string of the molecule is CC(C)NC(=O)OC1CCC(c2cc(Nc3cccc4c3S(=O)(=O)NCC4)n[nH]2)CC1.CC(C)NC(=O)O[C@@H]1CC[C@H](c2cc(Nc3cccc4c3C(=O)NC4)n[nH]2)C1. The maximum atomic E-state index is 12.5. The van der Waals surface area contributed by atoms with Crippen LogP contribution >= 0.6 is 0 Å².